The molecule has 0 spiro atoms. The molecule has 0 aromatic rings. The molecule has 0 radical (unpaired) electrons. The summed E-state index contributed by atoms with van der Waals surface area (Å²) >= 11 is 1.41. The van der Waals surface area contributed by atoms with Gasteiger partial charge in [-0.25, -0.2) is 4.18 Å². The van der Waals surface area contributed by atoms with E-state index in [1.165, 1.54) is 115 Å². The second-order valence-corrected chi connectivity index (χ2v) is 9.29. The first-order valence-electron chi connectivity index (χ1n) is 11.1. The van der Waals surface area contributed by atoms with Gasteiger partial charge >= 0.3 is 87.4 Å². The van der Waals surface area contributed by atoms with Gasteiger partial charge in [-0.05, 0) is 6.42 Å². The molecule has 26 heavy (non-hydrogen) atoms. The van der Waals surface area contributed by atoms with E-state index in [1.54, 1.807) is 0 Å². The van der Waals surface area contributed by atoms with E-state index in [0.29, 0.717) is 6.42 Å². The average Bonchev–Trinajstić information content (AvgIpc) is 2.59. The van der Waals surface area contributed by atoms with Crippen molar-refractivity contribution in [2.45, 2.75) is 120 Å². The first-order chi connectivity index (χ1) is 12.5. The summed E-state index contributed by atoms with van der Waals surface area (Å²) in [6, 6.07) is 0. The Kier molecular flexibility index (Phi) is 26.7. The van der Waals surface area contributed by atoms with Crippen LogP contribution in [0.2, 0.25) is 3.67 Å². The van der Waals surface area contributed by atoms with Crippen LogP contribution in [0.15, 0.2) is 0 Å². The molecule has 0 aromatic carbocycles. The van der Waals surface area contributed by atoms with Gasteiger partial charge < -0.3 is 0 Å². The molecule has 0 aromatic heterocycles. The van der Waals surface area contributed by atoms with Crippen LogP contribution in [0.5, 0.6) is 0 Å². The van der Waals surface area contributed by atoms with E-state index in [4.69, 9.17) is 4.55 Å². The first-order valence-corrected chi connectivity index (χ1v) is 13.9. The van der Waals surface area contributed by atoms with E-state index >= 15 is 0 Å². The summed E-state index contributed by atoms with van der Waals surface area (Å²) in [5, 5.41) is 0. The predicted octanol–water partition coefficient (Wildman–Crippen LogP) is 6.66. The van der Waals surface area contributed by atoms with Crippen molar-refractivity contribution in [3.05, 3.63) is 0 Å². The van der Waals surface area contributed by atoms with Gasteiger partial charge in [0.25, 0.3) is 0 Å². The van der Waals surface area contributed by atoms with E-state index in [0.717, 1.165) is 12.8 Å². The topological polar surface area (TPSA) is 63.6 Å². The molecule has 154 valence electrons. The van der Waals surface area contributed by atoms with Crippen molar-refractivity contribution >= 4 is 38.3 Å². The van der Waals surface area contributed by atoms with Gasteiger partial charge in [0.05, 0.1) is 6.61 Å². The van der Waals surface area contributed by atoms with Crippen molar-refractivity contribution < 1.29 is 17.2 Å². The molecule has 1 N–H and O–H groups in total. The molecular formula is C20H43NaO4S. The Morgan fingerprint density at radius 2 is 1.00 bits per heavy atom. The Morgan fingerprint density at radius 1 is 0.654 bits per heavy atom. The first kappa shape index (κ1) is 29.1. The molecule has 0 atom stereocenters. The molecule has 0 aliphatic carbocycles. The molecular weight excluding hydrogens is 359 g/mol. The van der Waals surface area contributed by atoms with Crippen LogP contribution in [0, 0.1) is 0 Å². The van der Waals surface area contributed by atoms with Gasteiger partial charge in [-0.2, -0.15) is 8.42 Å². The predicted molar refractivity (Wildman–Crippen MR) is 113 cm³/mol. The van der Waals surface area contributed by atoms with Crippen molar-refractivity contribution in [1.29, 1.82) is 0 Å². The summed E-state index contributed by atoms with van der Waals surface area (Å²) in [4.78, 5) is 0. The molecule has 0 saturated heterocycles. The van der Waals surface area contributed by atoms with Crippen molar-refractivity contribution in [3.8, 4) is 0 Å². The Labute approximate surface area is 181 Å². The fourth-order valence-electron chi connectivity index (χ4n) is 2.78. The maximum atomic E-state index is 10.2. The molecule has 0 bridgehead atoms. The number of hydrogen-bond donors (Lipinski definition) is 1. The Balaban J connectivity index is 0. The monoisotopic (exact) mass is 402 g/mol. The quantitative estimate of drug-likeness (QED) is 0.158. The molecule has 0 aliphatic heterocycles. The summed E-state index contributed by atoms with van der Waals surface area (Å²) in [6.07, 6.45) is 20.6. The molecule has 4 nitrogen and oxygen atoms in total. The standard InChI is InChI=1S/C12H26O4S.C8H17.Na/c1-2-3-4-5-6-7-8-9-10-11-12-16-17(13,14)15;1-3-5-7-8-6-4-2;/h2-12H2,1H3,(H,13,14,15);1,3-8H2,2H3;. The number of rotatable bonds is 18. The maximum absolute atomic E-state index is 10.2. The zero-order chi connectivity index (χ0) is 19.9. The van der Waals surface area contributed by atoms with Crippen LogP contribution in [0.1, 0.15) is 117 Å². The van der Waals surface area contributed by atoms with Gasteiger partial charge in [-0.15, -0.1) is 0 Å². The molecule has 6 heteroatoms. The minimum absolute atomic E-state index is 0.0926. The van der Waals surface area contributed by atoms with Gasteiger partial charge in [0.15, 0.2) is 0 Å². The molecule has 0 rings (SSSR count). The Hall–Kier alpha value is 0.870. The van der Waals surface area contributed by atoms with Crippen LogP contribution in [0.4, 0.5) is 0 Å². The van der Waals surface area contributed by atoms with E-state index in [9.17, 15) is 8.42 Å². The third-order valence-corrected chi connectivity index (χ3v) is 5.61. The number of unbranched alkanes of at least 4 members (excludes halogenated alkanes) is 14. The van der Waals surface area contributed by atoms with Crippen molar-refractivity contribution in [2.75, 3.05) is 6.61 Å². The zero-order valence-electron chi connectivity index (χ0n) is 17.8. The summed E-state index contributed by atoms with van der Waals surface area (Å²) in [5.41, 5.74) is 0. The van der Waals surface area contributed by atoms with E-state index in [-0.39, 0.29) is 6.61 Å². The zero-order valence-corrected chi connectivity index (χ0v) is 20.6. The summed E-state index contributed by atoms with van der Waals surface area (Å²) in [6.45, 7) is 4.58. The van der Waals surface area contributed by atoms with Crippen molar-refractivity contribution in [1.82, 2.24) is 0 Å². The van der Waals surface area contributed by atoms with Gasteiger partial charge in [0, 0.05) is 0 Å². The van der Waals surface area contributed by atoms with Gasteiger partial charge in [0.1, 0.15) is 0 Å². The van der Waals surface area contributed by atoms with Gasteiger partial charge in [0.2, 0.25) is 0 Å². The summed E-state index contributed by atoms with van der Waals surface area (Å²) in [5.74, 6) is 0. The SMILES string of the molecule is CCCCCCCCCCCCOS(=O)(=O)O.CCCCCCC[CH2][Na]. The van der Waals surface area contributed by atoms with Crippen LogP contribution in [0.25, 0.3) is 0 Å². The molecule has 0 saturated carbocycles. The third kappa shape index (κ3) is 32.5. The normalized spacial score (nSPS) is 11.3. The van der Waals surface area contributed by atoms with Gasteiger partial charge in [-0.3, -0.25) is 4.55 Å². The van der Waals surface area contributed by atoms with Crippen LogP contribution < -0.4 is 0 Å². The van der Waals surface area contributed by atoms with Crippen LogP contribution in [-0.4, -0.2) is 47.5 Å². The second kappa shape index (κ2) is 23.9. The second-order valence-electron chi connectivity index (χ2n) is 7.20. The molecule has 0 amide bonds. The number of hydrogen-bond acceptors (Lipinski definition) is 3. The van der Waals surface area contributed by atoms with Crippen molar-refractivity contribution in [2.24, 2.45) is 0 Å². The van der Waals surface area contributed by atoms with Crippen LogP contribution in [-0.2, 0) is 14.6 Å². The van der Waals surface area contributed by atoms with Crippen molar-refractivity contribution in [3.63, 3.8) is 0 Å². The minimum atomic E-state index is -4.23. The molecule has 0 unspecified atom stereocenters. The Bertz CT molecular complexity index is 342. The summed E-state index contributed by atoms with van der Waals surface area (Å²) in [7, 11) is -4.23. The molecule has 0 heterocycles. The van der Waals surface area contributed by atoms with E-state index in [2.05, 4.69) is 18.0 Å². The summed E-state index contributed by atoms with van der Waals surface area (Å²) < 4.78 is 34.5. The fraction of sp³-hybridized carbons (Fsp3) is 1.00. The average molecular weight is 403 g/mol. The van der Waals surface area contributed by atoms with Gasteiger partial charge in [-0.1, -0.05) is 64.7 Å². The van der Waals surface area contributed by atoms with Crippen LogP contribution in [0.3, 0.4) is 0 Å². The van der Waals surface area contributed by atoms with E-state index in [1.807, 2.05) is 0 Å². The van der Waals surface area contributed by atoms with E-state index < -0.39 is 10.4 Å². The third-order valence-electron chi connectivity index (χ3n) is 4.44. The molecule has 0 fully saturated rings. The Morgan fingerprint density at radius 3 is 1.35 bits per heavy atom. The molecule has 0 aliphatic rings. The fourth-order valence-corrected chi connectivity index (χ4v) is 3.61. The van der Waals surface area contributed by atoms with Crippen LogP contribution >= 0.6 is 0 Å².